The monoisotopic (exact) mass is 402 g/mol. The number of esters is 1. The highest BCUT2D eigenvalue weighted by Gasteiger charge is 2.18. The number of anilines is 1. The zero-order valence-electron chi connectivity index (χ0n) is 16.5. The number of nitrogens with one attached hydrogen (secondary N) is 2. The number of carbonyl (C=O) groups excluding carboxylic acids is 3. The zero-order valence-corrected chi connectivity index (χ0v) is 16.5. The number of hydrogen-bond donors (Lipinski definition) is 2. The van der Waals surface area contributed by atoms with E-state index >= 15 is 0 Å². The third-order valence-corrected chi connectivity index (χ3v) is 4.33. The van der Waals surface area contributed by atoms with E-state index in [0.717, 1.165) is 5.56 Å². The summed E-state index contributed by atoms with van der Waals surface area (Å²) in [6.45, 7) is 1.41. The molecule has 3 aromatic rings. The van der Waals surface area contributed by atoms with Crippen molar-refractivity contribution < 1.29 is 19.1 Å². The van der Waals surface area contributed by atoms with Gasteiger partial charge in [0.25, 0.3) is 5.91 Å². The van der Waals surface area contributed by atoms with Crippen molar-refractivity contribution in [3.8, 4) is 5.75 Å². The van der Waals surface area contributed by atoms with Gasteiger partial charge in [0, 0.05) is 18.2 Å². The van der Waals surface area contributed by atoms with Gasteiger partial charge in [0.15, 0.2) is 0 Å². The normalized spacial score (nSPS) is 11.2. The van der Waals surface area contributed by atoms with Crippen molar-refractivity contribution in [1.82, 2.24) is 5.32 Å². The van der Waals surface area contributed by atoms with Gasteiger partial charge >= 0.3 is 5.97 Å². The lowest BCUT2D eigenvalue weighted by Gasteiger charge is -2.17. The Balaban J connectivity index is 1.59. The molecule has 0 aromatic heterocycles. The van der Waals surface area contributed by atoms with Gasteiger partial charge in [-0.05, 0) is 42.0 Å². The van der Waals surface area contributed by atoms with Crippen LogP contribution < -0.4 is 15.4 Å². The van der Waals surface area contributed by atoms with Crippen molar-refractivity contribution in [2.75, 3.05) is 5.32 Å². The Hall–Kier alpha value is -3.93. The molecule has 0 saturated carbocycles. The van der Waals surface area contributed by atoms with E-state index in [1.807, 2.05) is 36.4 Å². The molecule has 0 aliphatic carbocycles. The lowest BCUT2D eigenvalue weighted by molar-refractivity contribution is -0.135. The van der Waals surface area contributed by atoms with Crippen LogP contribution in [0.5, 0.6) is 5.75 Å². The molecule has 0 aliphatic heterocycles. The molecule has 6 heteroatoms. The molecule has 6 nitrogen and oxygen atoms in total. The molecule has 0 bridgehead atoms. The minimum Gasteiger partial charge on any atom is -0.426 e. The first-order valence-electron chi connectivity index (χ1n) is 9.50. The zero-order chi connectivity index (χ0) is 21.3. The fourth-order valence-electron chi connectivity index (χ4n) is 2.92. The van der Waals surface area contributed by atoms with Gasteiger partial charge in [-0.3, -0.25) is 14.4 Å². The van der Waals surface area contributed by atoms with Crippen LogP contribution in [0, 0.1) is 0 Å². The van der Waals surface area contributed by atoms with Crippen LogP contribution in [0.1, 0.15) is 35.3 Å². The van der Waals surface area contributed by atoms with Gasteiger partial charge in [-0.15, -0.1) is 0 Å². The van der Waals surface area contributed by atoms with Crippen LogP contribution in [0.4, 0.5) is 5.69 Å². The van der Waals surface area contributed by atoms with Crippen LogP contribution >= 0.6 is 0 Å². The number of amides is 2. The van der Waals surface area contributed by atoms with Gasteiger partial charge in [-0.2, -0.15) is 0 Å². The highest BCUT2D eigenvalue weighted by atomic mass is 16.5. The van der Waals surface area contributed by atoms with E-state index in [2.05, 4.69) is 10.6 Å². The van der Waals surface area contributed by atoms with Crippen LogP contribution in [0.15, 0.2) is 84.9 Å². The molecule has 1 unspecified atom stereocenters. The first-order valence-corrected chi connectivity index (χ1v) is 9.50. The summed E-state index contributed by atoms with van der Waals surface area (Å²) in [5.74, 6) is -0.567. The van der Waals surface area contributed by atoms with Crippen molar-refractivity contribution in [2.45, 2.75) is 19.4 Å². The van der Waals surface area contributed by atoms with E-state index in [4.69, 9.17) is 4.74 Å². The predicted octanol–water partition coefficient (Wildman–Crippen LogP) is 4.11. The number of benzene rings is 3. The van der Waals surface area contributed by atoms with E-state index in [0.29, 0.717) is 17.0 Å². The average molecular weight is 402 g/mol. The molecule has 2 N–H and O–H groups in total. The van der Waals surface area contributed by atoms with Crippen molar-refractivity contribution in [1.29, 1.82) is 0 Å². The number of carbonyl (C=O) groups is 3. The third kappa shape index (κ3) is 6.04. The van der Waals surface area contributed by atoms with Crippen molar-refractivity contribution >= 4 is 23.5 Å². The van der Waals surface area contributed by atoms with Crippen molar-refractivity contribution in [3.05, 3.63) is 96.1 Å². The second kappa shape index (κ2) is 10.0. The highest BCUT2D eigenvalue weighted by molar-refractivity contribution is 6.04. The van der Waals surface area contributed by atoms with Gasteiger partial charge in [0.05, 0.1) is 12.5 Å². The summed E-state index contributed by atoms with van der Waals surface area (Å²) in [5.41, 5.74) is 1.96. The summed E-state index contributed by atoms with van der Waals surface area (Å²) < 4.78 is 5.39. The average Bonchev–Trinajstić information content (AvgIpc) is 2.75. The Kier molecular flexibility index (Phi) is 6.95. The number of hydrogen-bond acceptors (Lipinski definition) is 4. The standard InChI is InChI=1S/C24H22N2O4/c1-17(27)25-22(18-8-4-2-5-9-18)16-23(28)30-21-14-12-20(13-15-21)26-24(29)19-10-6-3-7-11-19/h2-15,22H,16H2,1H3,(H,25,27)(H,26,29). The smallest absolute Gasteiger partial charge is 0.313 e. The predicted molar refractivity (Wildman–Crippen MR) is 114 cm³/mol. The molecule has 30 heavy (non-hydrogen) atoms. The van der Waals surface area contributed by atoms with Gasteiger partial charge < -0.3 is 15.4 Å². The van der Waals surface area contributed by atoms with Crippen LogP contribution in [-0.4, -0.2) is 17.8 Å². The number of rotatable bonds is 7. The first-order chi connectivity index (χ1) is 14.5. The Morgan fingerprint density at radius 2 is 1.43 bits per heavy atom. The maximum Gasteiger partial charge on any atom is 0.313 e. The lowest BCUT2D eigenvalue weighted by atomic mass is 10.0. The largest absolute Gasteiger partial charge is 0.426 e. The third-order valence-electron chi connectivity index (χ3n) is 4.33. The van der Waals surface area contributed by atoms with Crippen molar-refractivity contribution in [2.24, 2.45) is 0 Å². The summed E-state index contributed by atoms with van der Waals surface area (Å²) in [6, 6.07) is 24.2. The van der Waals surface area contributed by atoms with E-state index in [-0.39, 0.29) is 18.2 Å². The molecule has 2 amide bonds. The van der Waals surface area contributed by atoms with Gasteiger partial charge in [0.1, 0.15) is 5.75 Å². The van der Waals surface area contributed by atoms with Crippen LogP contribution in [0.2, 0.25) is 0 Å². The van der Waals surface area contributed by atoms with Crippen LogP contribution in [-0.2, 0) is 9.59 Å². The molecule has 1 atom stereocenters. The van der Waals surface area contributed by atoms with Gasteiger partial charge in [0.2, 0.25) is 5.91 Å². The topological polar surface area (TPSA) is 84.5 Å². The summed E-state index contributed by atoms with van der Waals surface area (Å²) in [4.78, 5) is 36.1. The summed E-state index contributed by atoms with van der Waals surface area (Å²) in [6.07, 6.45) is -0.00388. The lowest BCUT2D eigenvalue weighted by Crippen LogP contribution is -2.29. The highest BCUT2D eigenvalue weighted by Crippen LogP contribution is 2.20. The first kappa shape index (κ1) is 20.8. The Morgan fingerprint density at radius 1 is 0.833 bits per heavy atom. The van der Waals surface area contributed by atoms with E-state index in [1.54, 1.807) is 48.5 Å². The minimum absolute atomic E-state index is 0.00388. The molecule has 0 radical (unpaired) electrons. The maximum absolute atomic E-state index is 12.4. The van der Waals surface area contributed by atoms with Crippen LogP contribution in [0.3, 0.4) is 0 Å². The molecular formula is C24H22N2O4. The molecule has 3 rings (SSSR count). The summed E-state index contributed by atoms with van der Waals surface area (Å²) >= 11 is 0. The SMILES string of the molecule is CC(=O)NC(CC(=O)Oc1ccc(NC(=O)c2ccccc2)cc1)c1ccccc1. The second-order valence-electron chi connectivity index (χ2n) is 6.69. The van der Waals surface area contributed by atoms with Gasteiger partial charge in [-0.25, -0.2) is 0 Å². The molecule has 0 spiro atoms. The molecule has 0 fully saturated rings. The maximum atomic E-state index is 12.4. The van der Waals surface area contributed by atoms with Crippen LogP contribution in [0.25, 0.3) is 0 Å². The number of ether oxygens (including phenoxy) is 1. The summed E-state index contributed by atoms with van der Waals surface area (Å²) in [5, 5.41) is 5.56. The fourth-order valence-corrected chi connectivity index (χ4v) is 2.92. The van der Waals surface area contributed by atoms with E-state index in [1.165, 1.54) is 6.92 Å². The molecular weight excluding hydrogens is 380 g/mol. The summed E-state index contributed by atoms with van der Waals surface area (Å²) in [7, 11) is 0. The van der Waals surface area contributed by atoms with E-state index in [9.17, 15) is 14.4 Å². The molecule has 3 aromatic carbocycles. The quantitative estimate of drug-likeness (QED) is 0.460. The Labute approximate surface area is 174 Å². The molecule has 0 aliphatic rings. The Bertz CT molecular complexity index is 1000. The van der Waals surface area contributed by atoms with E-state index < -0.39 is 12.0 Å². The molecule has 152 valence electrons. The Morgan fingerprint density at radius 3 is 2.03 bits per heavy atom. The second-order valence-corrected chi connectivity index (χ2v) is 6.69. The van der Waals surface area contributed by atoms with Gasteiger partial charge in [-0.1, -0.05) is 48.5 Å². The minimum atomic E-state index is -0.473. The fraction of sp³-hybridized carbons (Fsp3) is 0.125. The van der Waals surface area contributed by atoms with Crippen molar-refractivity contribution in [3.63, 3.8) is 0 Å². The molecule has 0 heterocycles. The molecule has 0 saturated heterocycles.